The summed E-state index contributed by atoms with van der Waals surface area (Å²) in [7, 11) is 0. The van der Waals surface area contributed by atoms with Crippen LogP contribution in [0.5, 0.6) is 0 Å². The number of aliphatic hydroxyl groups excluding tert-OH is 1. The molecule has 3 N–H and O–H groups in total. The normalized spacial score (nSPS) is 61.4. The second-order valence-corrected chi connectivity index (χ2v) is 14.2. The molecule has 4 fully saturated rings. The number of aliphatic hydroxyl groups is 1. The molecule has 176 valence electrons. The Bertz CT molecular complexity index is 786. The zero-order valence-electron chi connectivity index (χ0n) is 21.4. The maximum absolute atomic E-state index is 10.8. The molecule has 0 aromatic carbocycles. The van der Waals surface area contributed by atoms with E-state index in [1.807, 2.05) is 5.57 Å². The van der Waals surface area contributed by atoms with Gasteiger partial charge in [0.05, 0.1) is 6.10 Å². The second-order valence-electron chi connectivity index (χ2n) is 14.2. The van der Waals surface area contributed by atoms with Crippen LogP contribution in [0.25, 0.3) is 0 Å². The quantitative estimate of drug-likeness (QED) is 0.422. The van der Waals surface area contributed by atoms with E-state index >= 15 is 0 Å². The molecule has 2 nitrogen and oxygen atoms in total. The van der Waals surface area contributed by atoms with Crippen molar-refractivity contribution in [1.82, 2.24) is 0 Å². The van der Waals surface area contributed by atoms with Crippen LogP contribution in [-0.2, 0) is 0 Å². The molecule has 5 rings (SSSR count). The Balaban J connectivity index is 1.59. The number of rotatable bonds is 0. The van der Waals surface area contributed by atoms with E-state index < -0.39 is 5.54 Å². The molecular weight excluding hydrogens is 378 g/mol. The molecule has 0 aromatic heterocycles. The van der Waals surface area contributed by atoms with Crippen LogP contribution in [0.3, 0.4) is 0 Å². The smallest absolute Gasteiger partial charge is 0.0720 e. The molecule has 2 heteroatoms. The number of hydrogen-bond donors (Lipinski definition) is 2. The van der Waals surface area contributed by atoms with Crippen molar-refractivity contribution in [2.75, 3.05) is 0 Å². The third-order valence-electron chi connectivity index (χ3n) is 13.1. The summed E-state index contributed by atoms with van der Waals surface area (Å²) in [6.45, 7) is 17.7. The minimum absolute atomic E-state index is 0.243. The van der Waals surface area contributed by atoms with Crippen molar-refractivity contribution < 1.29 is 5.11 Å². The van der Waals surface area contributed by atoms with Crippen LogP contribution in [0.2, 0.25) is 0 Å². The lowest BCUT2D eigenvalue weighted by atomic mass is 9.34. The Kier molecular flexibility index (Phi) is 4.80. The van der Waals surface area contributed by atoms with Gasteiger partial charge in [0.25, 0.3) is 0 Å². The minimum Gasteiger partial charge on any atom is -0.391 e. The predicted molar refractivity (Wildman–Crippen MR) is 129 cm³/mol. The van der Waals surface area contributed by atoms with Crippen LogP contribution < -0.4 is 5.73 Å². The number of hydrogen-bond acceptors (Lipinski definition) is 2. The molecule has 0 heterocycles. The zero-order valence-corrected chi connectivity index (χ0v) is 21.4. The maximum atomic E-state index is 10.8. The van der Waals surface area contributed by atoms with E-state index in [1.165, 1.54) is 44.9 Å². The highest BCUT2D eigenvalue weighted by atomic mass is 16.3. The van der Waals surface area contributed by atoms with E-state index in [-0.39, 0.29) is 11.5 Å². The fourth-order valence-electron chi connectivity index (χ4n) is 10.6. The molecular formula is C29H49NO. The van der Waals surface area contributed by atoms with Crippen molar-refractivity contribution in [2.24, 2.45) is 57.0 Å². The van der Waals surface area contributed by atoms with Crippen molar-refractivity contribution in [3.63, 3.8) is 0 Å². The van der Waals surface area contributed by atoms with Crippen LogP contribution in [-0.4, -0.2) is 16.7 Å². The monoisotopic (exact) mass is 427 g/mol. The molecule has 0 saturated heterocycles. The zero-order chi connectivity index (χ0) is 22.6. The van der Waals surface area contributed by atoms with Gasteiger partial charge in [0.15, 0.2) is 0 Å². The van der Waals surface area contributed by atoms with Crippen LogP contribution in [0.4, 0.5) is 0 Å². The van der Waals surface area contributed by atoms with Crippen LogP contribution in [0.15, 0.2) is 11.6 Å². The van der Waals surface area contributed by atoms with Gasteiger partial charge in [-0.15, -0.1) is 0 Å². The molecule has 0 bridgehead atoms. The third-order valence-corrected chi connectivity index (χ3v) is 13.1. The first-order valence-corrected chi connectivity index (χ1v) is 13.5. The Morgan fingerprint density at radius 2 is 1.58 bits per heavy atom. The molecule has 31 heavy (non-hydrogen) atoms. The van der Waals surface area contributed by atoms with Gasteiger partial charge in [-0.3, -0.25) is 0 Å². The molecule has 5 aliphatic rings. The van der Waals surface area contributed by atoms with E-state index in [9.17, 15) is 5.11 Å². The third kappa shape index (κ3) is 2.64. The highest BCUT2D eigenvalue weighted by molar-refractivity contribution is 5.34. The first-order valence-electron chi connectivity index (χ1n) is 13.5. The van der Waals surface area contributed by atoms with Gasteiger partial charge >= 0.3 is 0 Å². The molecule has 0 spiro atoms. The lowest BCUT2D eigenvalue weighted by molar-refractivity contribution is -0.186. The van der Waals surface area contributed by atoms with Crippen molar-refractivity contribution in [3.8, 4) is 0 Å². The number of allylic oxidation sites excluding steroid dienone is 2. The van der Waals surface area contributed by atoms with Crippen molar-refractivity contribution in [2.45, 2.75) is 118 Å². The number of fused-ring (bicyclic) bond motifs is 7. The highest BCUT2D eigenvalue weighted by Gasteiger charge is 2.68. The predicted octanol–water partition coefficient (Wildman–Crippen LogP) is 6.72. The summed E-state index contributed by atoms with van der Waals surface area (Å²) >= 11 is 0. The Labute approximate surface area is 191 Å². The summed E-state index contributed by atoms with van der Waals surface area (Å²) in [5.41, 5.74) is 9.69. The van der Waals surface area contributed by atoms with Gasteiger partial charge in [0.1, 0.15) is 0 Å². The highest BCUT2D eigenvalue weighted by Crippen LogP contribution is 2.74. The second kappa shape index (κ2) is 6.62. The fraction of sp³-hybridized carbons (Fsp3) is 0.931. The van der Waals surface area contributed by atoms with Crippen molar-refractivity contribution in [3.05, 3.63) is 11.6 Å². The molecule has 0 amide bonds. The van der Waals surface area contributed by atoms with E-state index in [4.69, 9.17) is 5.73 Å². The van der Waals surface area contributed by atoms with Crippen LogP contribution in [0.1, 0.15) is 106 Å². The van der Waals surface area contributed by atoms with Gasteiger partial charge in [-0.1, -0.05) is 53.2 Å². The van der Waals surface area contributed by atoms with Crippen LogP contribution in [0, 0.1) is 51.2 Å². The van der Waals surface area contributed by atoms with Gasteiger partial charge in [0, 0.05) is 5.54 Å². The summed E-state index contributed by atoms with van der Waals surface area (Å²) in [6.07, 6.45) is 13.7. The van der Waals surface area contributed by atoms with Gasteiger partial charge < -0.3 is 10.8 Å². The van der Waals surface area contributed by atoms with Crippen molar-refractivity contribution >= 4 is 0 Å². The fourth-order valence-corrected chi connectivity index (χ4v) is 10.6. The molecule has 5 aliphatic carbocycles. The Morgan fingerprint density at radius 1 is 0.871 bits per heavy atom. The molecule has 0 radical (unpaired) electrons. The van der Waals surface area contributed by atoms with Crippen molar-refractivity contribution in [1.29, 1.82) is 0 Å². The average Bonchev–Trinajstić information content (AvgIpc) is 2.69. The summed E-state index contributed by atoms with van der Waals surface area (Å²) in [6, 6.07) is 0. The summed E-state index contributed by atoms with van der Waals surface area (Å²) in [5, 5.41) is 10.8. The van der Waals surface area contributed by atoms with Gasteiger partial charge in [-0.25, -0.2) is 0 Å². The molecule has 0 aliphatic heterocycles. The molecule has 11 atom stereocenters. The average molecular weight is 428 g/mol. The first kappa shape index (κ1) is 22.5. The molecule has 4 saturated carbocycles. The van der Waals surface area contributed by atoms with Crippen LogP contribution >= 0.6 is 0 Å². The van der Waals surface area contributed by atoms with Gasteiger partial charge in [-0.2, -0.15) is 0 Å². The maximum Gasteiger partial charge on any atom is 0.0720 e. The van der Waals surface area contributed by atoms with E-state index in [2.05, 4.69) is 54.5 Å². The molecule has 0 aromatic rings. The molecule has 1 unspecified atom stereocenters. The first-order chi connectivity index (χ1) is 14.3. The van der Waals surface area contributed by atoms with Gasteiger partial charge in [0.2, 0.25) is 0 Å². The van der Waals surface area contributed by atoms with Gasteiger partial charge in [-0.05, 0) is 116 Å². The lowest BCUT2D eigenvalue weighted by Gasteiger charge is -2.71. The minimum atomic E-state index is -0.447. The lowest BCUT2D eigenvalue weighted by Crippen LogP contribution is -2.69. The summed E-state index contributed by atoms with van der Waals surface area (Å²) in [4.78, 5) is 0. The number of nitrogens with two attached hydrogens (primary N) is 1. The Hall–Kier alpha value is -0.340. The summed E-state index contributed by atoms with van der Waals surface area (Å²) < 4.78 is 0. The van der Waals surface area contributed by atoms with E-state index in [0.717, 1.165) is 30.6 Å². The summed E-state index contributed by atoms with van der Waals surface area (Å²) in [5.74, 6) is 3.53. The van der Waals surface area contributed by atoms with E-state index in [0.29, 0.717) is 28.1 Å². The largest absolute Gasteiger partial charge is 0.391 e. The van der Waals surface area contributed by atoms with E-state index in [1.54, 1.807) is 0 Å². The Morgan fingerprint density at radius 3 is 2.29 bits per heavy atom. The standard InChI is InChI=1S/C29H49NO/c1-18-10-13-25(3)16-17-27(5)20(24(25)19(18)2)8-9-21-26(4)14-12-23(31)29(7,30)22(26)11-15-28(21,27)6/h8,18-19,21-24,31H,9-17,30H2,1-7H3/t18-,19+,21-,22?,23-,24+,25-,26-,27-,28-,29-/m1/s1. The topological polar surface area (TPSA) is 46.2 Å². The SMILES string of the molecule is C[C@H]1[C@H](C)CC[C@]2(C)CC[C@]3(C)C(=CC[C@@H]4[C@@]5(C)CC[C@@H](O)[C@](C)(N)C5CC[C@]43C)[C@H]12.